The van der Waals surface area contributed by atoms with Crippen molar-refractivity contribution >= 4 is 34.8 Å². The van der Waals surface area contributed by atoms with Crippen LogP contribution in [0.25, 0.3) is 10.8 Å². The van der Waals surface area contributed by atoms with E-state index in [4.69, 9.17) is 9.47 Å². The molecule has 0 spiro atoms. The van der Waals surface area contributed by atoms with Gasteiger partial charge in [0, 0.05) is 24.2 Å². The largest absolute Gasteiger partial charge is 0.453 e. The molecule has 0 aliphatic carbocycles. The van der Waals surface area contributed by atoms with Gasteiger partial charge in [0.15, 0.2) is 0 Å². The molecule has 2 fully saturated rings. The van der Waals surface area contributed by atoms with E-state index >= 15 is 0 Å². The summed E-state index contributed by atoms with van der Waals surface area (Å²) in [5, 5.41) is 7.25. The van der Waals surface area contributed by atoms with E-state index in [1.165, 1.54) is 14.2 Å². The number of carbonyl (C=O) groups excluding carboxylic acids is 4. The van der Waals surface area contributed by atoms with Crippen LogP contribution in [0.2, 0.25) is 0 Å². The molecule has 292 valence electrons. The van der Waals surface area contributed by atoms with Crippen LogP contribution >= 0.6 is 0 Å². The van der Waals surface area contributed by atoms with Crippen molar-refractivity contribution in [3.63, 3.8) is 0 Å². The Morgan fingerprint density at radius 3 is 1.46 bits per heavy atom. The molecule has 0 radical (unpaired) electrons. The monoisotopic (exact) mass is 760 g/mol. The number of imidazole rings is 2. The fraction of sp³-hybridized carbons (Fsp3) is 0.429. The van der Waals surface area contributed by atoms with Gasteiger partial charge in [-0.05, 0) is 72.3 Å². The van der Waals surface area contributed by atoms with Gasteiger partial charge in [-0.15, -0.1) is 0 Å². The van der Waals surface area contributed by atoms with Gasteiger partial charge in [0.05, 0.1) is 38.7 Å². The number of hydrogen-bond acceptors (Lipinski definition) is 8. The van der Waals surface area contributed by atoms with Gasteiger partial charge in [-0.3, -0.25) is 9.59 Å². The number of amides is 4. The number of hydrogen-bond donors (Lipinski definition) is 4. The van der Waals surface area contributed by atoms with Gasteiger partial charge in [0.25, 0.3) is 0 Å². The highest BCUT2D eigenvalue weighted by molar-refractivity contribution is 5.93. The molecule has 2 aliphatic rings. The number of nitrogens with one attached hydrogen (secondary N) is 4. The molecule has 2 saturated heterocycles. The van der Waals surface area contributed by atoms with Crippen LogP contribution < -0.4 is 10.6 Å². The molecule has 4 aromatic rings. The number of methoxy groups -OCH3 is 2. The van der Waals surface area contributed by atoms with Gasteiger partial charge in [-0.1, -0.05) is 63.8 Å². The first-order valence-electron chi connectivity index (χ1n) is 18.9. The number of alkyl carbamates (subject to hydrolysis) is 2. The normalized spacial score (nSPS) is 17.5. The number of aromatic amines is 2. The van der Waals surface area contributed by atoms with E-state index in [2.05, 4.69) is 54.3 Å². The molecular weight excluding hydrogens is 713 g/mol. The van der Waals surface area contributed by atoms with E-state index in [0.29, 0.717) is 36.1 Å². The number of rotatable bonds is 8. The summed E-state index contributed by atoms with van der Waals surface area (Å²) < 4.78 is 9.49. The number of H-pyrrole nitrogens is 2. The van der Waals surface area contributed by atoms with Crippen molar-refractivity contribution in [2.24, 2.45) is 11.8 Å². The molecule has 4 amide bonds. The summed E-state index contributed by atoms with van der Waals surface area (Å²) in [7, 11) is 2.56. The zero-order chi connectivity index (χ0) is 39.9. The number of carbonyl (C=O) groups is 4. The minimum atomic E-state index is -0.711. The van der Waals surface area contributed by atoms with Crippen molar-refractivity contribution in [1.29, 1.82) is 0 Å². The van der Waals surface area contributed by atoms with Crippen LogP contribution in [0.4, 0.5) is 9.59 Å². The summed E-state index contributed by atoms with van der Waals surface area (Å²) in [5.74, 6) is 13.7. The smallest absolute Gasteiger partial charge is 0.407 e. The third kappa shape index (κ3) is 8.65. The molecule has 56 heavy (non-hydrogen) atoms. The van der Waals surface area contributed by atoms with Gasteiger partial charge < -0.3 is 39.9 Å². The number of nitrogens with zero attached hydrogens (tertiary/aromatic N) is 4. The number of fused-ring (bicyclic) bond motifs is 1. The molecular formula is C42H48N8O6. The summed E-state index contributed by atoms with van der Waals surface area (Å²) in [5.41, 5.74) is 2.89. The molecule has 14 nitrogen and oxygen atoms in total. The Hall–Kier alpha value is -6.28. The highest BCUT2D eigenvalue weighted by atomic mass is 16.5. The van der Waals surface area contributed by atoms with Gasteiger partial charge >= 0.3 is 12.2 Å². The zero-order valence-corrected chi connectivity index (χ0v) is 32.6. The van der Waals surface area contributed by atoms with Crippen molar-refractivity contribution in [2.45, 2.75) is 77.5 Å². The Balaban J connectivity index is 1.17. The fourth-order valence-corrected chi connectivity index (χ4v) is 7.32. The highest BCUT2D eigenvalue weighted by Gasteiger charge is 2.38. The highest BCUT2D eigenvalue weighted by Crippen LogP contribution is 2.33. The Kier molecular flexibility index (Phi) is 12.3. The zero-order valence-electron chi connectivity index (χ0n) is 32.6. The topological polar surface area (TPSA) is 175 Å². The molecule has 0 saturated carbocycles. The van der Waals surface area contributed by atoms with Crippen LogP contribution in [0, 0.1) is 35.5 Å². The average Bonchev–Trinajstić information content (AvgIpc) is 4.03. The van der Waals surface area contributed by atoms with Crippen molar-refractivity contribution in [3.8, 4) is 23.7 Å². The van der Waals surface area contributed by atoms with Crippen LogP contribution in [0.15, 0.2) is 48.8 Å². The van der Waals surface area contributed by atoms with Crippen LogP contribution in [-0.4, -0.2) is 93.1 Å². The van der Waals surface area contributed by atoms with Crippen molar-refractivity contribution in [2.75, 3.05) is 27.3 Å². The Labute approximate surface area is 326 Å². The number of ether oxygens (including phenoxy) is 2. The van der Waals surface area contributed by atoms with Gasteiger partial charge in [-0.25, -0.2) is 19.6 Å². The number of benzene rings is 2. The summed E-state index contributed by atoms with van der Waals surface area (Å²) in [6.07, 6.45) is 5.21. The predicted octanol–water partition coefficient (Wildman–Crippen LogP) is 5.17. The third-order valence-electron chi connectivity index (χ3n) is 10.3. The lowest BCUT2D eigenvalue weighted by Gasteiger charge is -2.29. The standard InChI is InChI=1S/C42H48N8O6/c1-25(2)35(47-41(53)55-5)39(51)49-21-9-15-33(49)37-43-23-29(45-37)19-17-27-11-7-14-32-28(12-8-13-31(27)32)18-20-30-24-44-38(46-30)34-16-10-22-50(34)40(52)36(26(3)4)48-42(54)56-6/h7-8,11-14,23-26,33-36H,9-10,15-16,21-22H2,1-6H3,(H,43,45)(H,44,46)(H,47,53)(H,48,54). The minimum absolute atomic E-state index is 0.124. The second-order valence-corrected chi connectivity index (χ2v) is 14.7. The molecule has 4 unspecified atom stereocenters. The number of aromatic nitrogens is 4. The second-order valence-electron chi connectivity index (χ2n) is 14.7. The summed E-state index contributed by atoms with van der Waals surface area (Å²) in [6, 6.07) is 9.91. The second kappa shape index (κ2) is 17.5. The van der Waals surface area contributed by atoms with E-state index in [-0.39, 0.29) is 35.7 Å². The first-order valence-corrected chi connectivity index (χ1v) is 18.9. The summed E-state index contributed by atoms with van der Waals surface area (Å²) in [6.45, 7) is 8.67. The molecule has 2 aromatic carbocycles. The van der Waals surface area contributed by atoms with E-state index < -0.39 is 24.3 Å². The quantitative estimate of drug-likeness (QED) is 0.178. The van der Waals surface area contributed by atoms with Gasteiger partial charge in [0.1, 0.15) is 35.1 Å². The lowest BCUT2D eigenvalue weighted by Crippen LogP contribution is -2.51. The maximum Gasteiger partial charge on any atom is 0.407 e. The molecule has 4 atom stereocenters. The number of likely N-dealkylation sites (tertiary alicyclic amines) is 2. The summed E-state index contributed by atoms with van der Waals surface area (Å²) in [4.78, 5) is 70.3. The van der Waals surface area contributed by atoms with Crippen LogP contribution in [0.1, 0.15) is 99.6 Å². The van der Waals surface area contributed by atoms with Gasteiger partial charge in [0.2, 0.25) is 11.8 Å². The van der Waals surface area contributed by atoms with Crippen LogP contribution in [0.5, 0.6) is 0 Å². The molecule has 2 aromatic heterocycles. The minimum Gasteiger partial charge on any atom is -0.453 e. The van der Waals surface area contributed by atoms with E-state index in [0.717, 1.165) is 47.6 Å². The molecule has 6 rings (SSSR count). The first-order chi connectivity index (χ1) is 27.0. The Morgan fingerprint density at radius 2 is 1.09 bits per heavy atom. The molecule has 4 N–H and O–H groups in total. The maximum absolute atomic E-state index is 13.5. The molecule has 14 heteroatoms. The fourth-order valence-electron chi connectivity index (χ4n) is 7.32. The molecule has 0 bridgehead atoms. The van der Waals surface area contributed by atoms with E-state index in [1.807, 2.05) is 64.1 Å². The molecule has 2 aliphatic heterocycles. The van der Waals surface area contributed by atoms with Crippen molar-refractivity contribution in [1.82, 2.24) is 40.4 Å². The first kappa shape index (κ1) is 39.4. The third-order valence-corrected chi connectivity index (χ3v) is 10.3. The lowest BCUT2D eigenvalue weighted by atomic mass is 10.0. The average molecular weight is 761 g/mol. The Morgan fingerprint density at radius 1 is 0.679 bits per heavy atom. The van der Waals surface area contributed by atoms with Crippen molar-refractivity contribution in [3.05, 3.63) is 83.0 Å². The van der Waals surface area contributed by atoms with Gasteiger partial charge in [-0.2, -0.15) is 0 Å². The van der Waals surface area contributed by atoms with Crippen LogP contribution in [-0.2, 0) is 19.1 Å². The maximum atomic E-state index is 13.5. The predicted molar refractivity (Wildman–Crippen MR) is 209 cm³/mol. The van der Waals surface area contributed by atoms with Crippen LogP contribution in [0.3, 0.4) is 0 Å². The SMILES string of the molecule is COC(=O)NC(C(=O)N1CCCC1c1ncc(C#Cc2cccc3c(C#Cc4cnc(C5CCCN5C(=O)C(NC(=O)OC)C(C)C)[nH]4)cccc23)[nH]1)C(C)C. The van der Waals surface area contributed by atoms with E-state index in [9.17, 15) is 19.2 Å². The Bertz CT molecular complexity index is 2060. The lowest BCUT2D eigenvalue weighted by molar-refractivity contribution is -0.136. The van der Waals surface area contributed by atoms with E-state index in [1.54, 1.807) is 22.2 Å². The van der Waals surface area contributed by atoms with Crippen molar-refractivity contribution < 1.29 is 28.7 Å². The summed E-state index contributed by atoms with van der Waals surface area (Å²) >= 11 is 0. The molecule has 4 heterocycles.